The zero-order valence-corrected chi connectivity index (χ0v) is 19.1. The van der Waals surface area contributed by atoms with Crippen molar-refractivity contribution in [3.63, 3.8) is 0 Å². The highest BCUT2D eigenvalue weighted by Crippen LogP contribution is 2.34. The van der Waals surface area contributed by atoms with Crippen LogP contribution in [0.1, 0.15) is 77.6 Å². The van der Waals surface area contributed by atoms with Crippen LogP contribution in [-0.4, -0.2) is 6.30 Å². The topological polar surface area (TPSA) is 0 Å². The van der Waals surface area contributed by atoms with Gasteiger partial charge in [-0.2, -0.15) is 0 Å². The van der Waals surface area contributed by atoms with Crippen LogP contribution >= 0.6 is 7.55 Å². The lowest BCUT2D eigenvalue weighted by atomic mass is 9.85. The van der Waals surface area contributed by atoms with E-state index in [-0.39, 0.29) is 10.8 Å². The van der Waals surface area contributed by atoms with E-state index in [4.69, 9.17) is 6.30 Å². The molecule has 0 aliphatic heterocycles. The molecule has 0 aliphatic carbocycles. The van der Waals surface area contributed by atoms with E-state index in [2.05, 4.69) is 91.8 Å². The SMILES string of the molecule is C=[PH](c1ccc(CC)cc1C(C)(C)C)c1ccc(CC)cc1C(C)(C)C. The smallest absolute Gasteiger partial charge is 0.0125 e. The van der Waals surface area contributed by atoms with Crippen molar-refractivity contribution in [2.75, 3.05) is 0 Å². The lowest BCUT2D eigenvalue weighted by molar-refractivity contribution is 0.593. The van der Waals surface area contributed by atoms with Crippen LogP contribution in [0.5, 0.6) is 0 Å². The first-order valence-electron chi connectivity index (χ1n) is 9.95. The summed E-state index contributed by atoms with van der Waals surface area (Å²) in [6.45, 7) is 18.4. The molecule has 142 valence electrons. The largest absolute Gasteiger partial charge is 0.0953 e. The molecule has 0 spiro atoms. The predicted octanol–water partition coefficient (Wildman–Crippen LogP) is 6.00. The molecule has 0 saturated heterocycles. The Kier molecular flexibility index (Phi) is 6.29. The Hall–Kier alpha value is -1.26. The molecule has 0 bridgehead atoms. The van der Waals surface area contributed by atoms with Crippen molar-refractivity contribution in [2.45, 2.75) is 79.1 Å². The Balaban J connectivity index is 2.67. The van der Waals surface area contributed by atoms with E-state index in [1.54, 1.807) is 0 Å². The Labute approximate surface area is 162 Å². The van der Waals surface area contributed by atoms with Crippen molar-refractivity contribution in [3.05, 3.63) is 58.7 Å². The Morgan fingerprint density at radius 3 is 1.31 bits per heavy atom. The van der Waals surface area contributed by atoms with Gasteiger partial charge in [0.05, 0.1) is 0 Å². The summed E-state index contributed by atoms with van der Waals surface area (Å²) in [5.74, 6) is 0. The van der Waals surface area contributed by atoms with Gasteiger partial charge in [0.15, 0.2) is 0 Å². The zero-order valence-electron chi connectivity index (χ0n) is 18.1. The lowest BCUT2D eigenvalue weighted by Gasteiger charge is -2.29. The molecule has 2 aromatic rings. The van der Waals surface area contributed by atoms with E-state index in [0.29, 0.717) is 0 Å². The quantitative estimate of drug-likeness (QED) is 0.580. The Morgan fingerprint density at radius 1 is 0.692 bits per heavy atom. The lowest BCUT2D eigenvalue weighted by Crippen LogP contribution is -2.27. The molecule has 0 atom stereocenters. The number of benzene rings is 2. The number of hydrogen-bond donors (Lipinski definition) is 0. The van der Waals surface area contributed by atoms with Gasteiger partial charge in [0.25, 0.3) is 0 Å². The fourth-order valence-corrected chi connectivity index (χ4v) is 5.94. The van der Waals surface area contributed by atoms with Crippen LogP contribution in [0.2, 0.25) is 0 Å². The monoisotopic (exact) mass is 368 g/mol. The molecule has 2 aromatic carbocycles. The van der Waals surface area contributed by atoms with Crippen LogP contribution in [0.4, 0.5) is 0 Å². The van der Waals surface area contributed by atoms with Crippen molar-refractivity contribution in [1.29, 1.82) is 0 Å². The molecule has 26 heavy (non-hydrogen) atoms. The fourth-order valence-electron chi connectivity index (χ4n) is 3.54. The highest BCUT2D eigenvalue weighted by molar-refractivity contribution is 7.71. The number of rotatable bonds is 4. The van der Waals surface area contributed by atoms with Gasteiger partial charge in [-0.1, -0.05) is 106 Å². The molecular formula is C25H37P. The molecule has 2 rings (SSSR count). The third kappa shape index (κ3) is 4.52. The maximum absolute atomic E-state index is 4.74. The van der Waals surface area contributed by atoms with Gasteiger partial charge in [-0.3, -0.25) is 0 Å². The Bertz CT molecular complexity index is 730. The van der Waals surface area contributed by atoms with Gasteiger partial charge < -0.3 is 0 Å². The summed E-state index contributed by atoms with van der Waals surface area (Å²) in [5.41, 5.74) is 6.07. The third-order valence-corrected chi connectivity index (χ3v) is 7.42. The third-order valence-electron chi connectivity index (χ3n) is 5.25. The van der Waals surface area contributed by atoms with Crippen molar-refractivity contribution in [3.8, 4) is 0 Å². The van der Waals surface area contributed by atoms with Gasteiger partial charge in [0.1, 0.15) is 0 Å². The van der Waals surface area contributed by atoms with Crippen LogP contribution in [0.15, 0.2) is 36.4 Å². The molecule has 0 aromatic heterocycles. The number of hydrogen-bond acceptors (Lipinski definition) is 0. The minimum Gasteiger partial charge on any atom is -0.0953 e. The minimum absolute atomic E-state index is 0.138. The summed E-state index contributed by atoms with van der Waals surface area (Å²) in [4.78, 5) is 0. The molecule has 0 fully saturated rings. The van der Waals surface area contributed by atoms with Crippen molar-refractivity contribution in [2.24, 2.45) is 0 Å². The van der Waals surface area contributed by atoms with Crippen LogP contribution < -0.4 is 10.6 Å². The summed E-state index contributed by atoms with van der Waals surface area (Å²) in [6.07, 6.45) is 6.91. The van der Waals surface area contributed by atoms with E-state index in [9.17, 15) is 0 Å². The van der Waals surface area contributed by atoms with E-state index < -0.39 is 7.55 Å². The van der Waals surface area contributed by atoms with Crippen molar-refractivity contribution >= 4 is 24.5 Å². The van der Waals surface area contributed by atoms with Crippen LogP contribution in [-0.2, 0) is 23.7 Å². The average Bonchev–Trinajstić information content (AvgIpc) is 2.58. The molecule has 0 nitrogen and oxygen atoms in total. The first-order valence-corrected chi connectivity index (χ1v) is 11.7. The van der Waals surface area contributed by atoms with Crippen molar-refractivity contribution in [1.82, 2.24) is 0 Å². The molecule has 0 radical (unpaired) electrons. The predicted molar refractivity (Wildman–Crippen MR) is 124 cm³/mol. The van der Waals surface area contributed by atoms with Crippen LogP contribution in [0.25, 0.3) is 0 Å². The normalized spacial score (nSPS) is 12.7. The summed E-state index contributed by atoms with van der Waals surface area (Å²) < 4.78 is 0. The summed E-state index contributed by atoms with van der Waals surface area (Å²) in [6, 6.07) is 14.2. The molecule has 0 amide bonds. The van der Waals surface area contributed by atoms with E-state index in [0.717, 1.165) is 12.8 Å². The van der Waals surface area contributed by atoms with E-state index >= 15 is 0 Å². The summed E-state index contributed by atoms with van der Waals surface area (Å²) in [5, 5.41) is 2.93. The van der Waals surface area contributed by atoms with Crippen LogP contribution in [0, 0.1) is 0 Å². The summed E-state index contributed by atoms with van der Waals surface area (Å²) in [7, 11) is -1.07. The second-order valence-corrected chi connectivity index (χ2v) is 11.5. The first-order chi connectivity index (χ1) is 12.0. The second-order valence-electron chi connectivity index (χ2n) is 9.45. The minimum atomic E-state index is -1.07. The molecular weight excluding hydrogens is 331 g/mol. The van der Waals surface area contributed by atoms with Gasteiger partial charge in [-0.05, 0) is 56.5 Å². The standard InChI is InChI=1S/C25H37P/c1-10-18-12-14-22(20(16-18)24(3,4)5)26(9)23-15-13-19(11-2)17-21(23)25(6,7)8/h12-17,26H,9-11H2,1-8H3. The van der Waals surface area contributed by atoms with Gasteiger partial charge in [0, 0.05) is 0 Å². The van der Waals surface area contributed by atoms with E-state index in [1.807, 2.05) is 0 Å². The van der Waals surface area contributed by atoms with Crippen LogP contribution in [0.3, 0.4) is 0 Å². The molecule has 0 heterocycles. The molecule has 0 N–H and O–H groups in total. The van der Waals surface area contributed by atoms with E-state index in [1.165, 1.54) is 32.9 Å². The van der Waals surface area contributed by atoms with Gasteiger partial charge in [0.2, 0.25) is 0 Å². The number of aryl methyl sites for hydroxylation is 2. The Morgan fingerprint density at radius 2 is 1.04 bits per heavy atom. The second kappa shape index (κ2) is 7.77. The highest BCUT2D eigenvalue weighted by Gasteiger charge is 2.23. The molecule has 1 heteroatoms. The maximum Gasteiger partial charge on any atom is -0.0125 e. The molecule has 0 saturated carbocycles. The van der Waals surface area contributed by atoms with Gasteiger partial charge in [-0.15, -0.1) is 0 Å². The van der Waals surface area contributed by atoms with Gasteiger partial charge in [-0.25, -0.2) is 0 Å². The summed E-state index contributed by atoms with van der Waals surface area (Å²) >= 11 is 0. The average molecular weight is 369 g/mol. The zero-order chi connectivity index (χ0) is 19.7. The first kappa shape index (κ1) is 21.0. The fraction of sp³-hybridized carbons (Fsp3) is 0.480. The maximum atomic E-state index is 4.74. The highest BCUT2D eigenvalue weighted by atomic mass is 31.1. The molecule has 0 unspecified atom stereocenters. The van der Waals surface area contributed by atoms with Gasteiger partial charge >= 0.3 is 0 Å². The molecule has 0 aliphatic rings. The van der Waals surface area contributed by atoms with Crippen molar-refractivity contribution < 1.29 is 0 Å².